The monoisotopic (exact) mass is 375 g/mol. The van der Waals surface area contributed by atoms with E-state index in [1.807, 2.05) is 0 Å². The Bertz CT molecular complexity index is 629. The van der Waals surface area contributed by atoms with Crippen LogP contribution in [0.3, 0.4) is 0 Å². The van der Waals surface area contributed by atoms with E-state index in [1.165, 1.54) is 32.8 Å². The summed E-state index contributed by atoms with van der Waals surface area (Å²) < 4.78 is 5.04. The molecule has 1 heterocycles. The second-order valence-electron chi connectivity index (χ2n) is 10.2. The molecule has 0 radical (unpaired) electrons. The van der Waals surface area contributed by atoms with Gasteiger partial charge in [0, 0.05) is 23.8 Å². The van der Waals surface area contributed by atoms with Gasteiger partial charge in [0.15, 0.2) is 0 Å². The van der Waals surface area contributed by atoms with Gasteiger partial charge in [-0.2, -0.15) is 0 Å². The van der Waals surface area contributed by atoms with Crippen LogP contribution in [0.1, 0.15) is 65.7 Å². The third-order valence-electron chi connectivity index (χ3n) is 8.92. The number of allylic oxidation sites excluding steroid dienone is 1. The molecule has 3 aliphatic carbocycles. The first kappa shape index (κ1) is 19.4. The number of carbonyl (C=O) groups is 1. The summed E-state index contributed by atoms with van der Waals surface area (Å²) in [7, 11) is 1.50. The van der Waals surface area contributed by atoms with Gasteiger partial charge in [0.2, 0.25) is 0 Å². The van der Waals surface area contributed by atoms with Gasteiger partial charge in [-0.1, -0.05) is 32.4 Å². The van der Waals surface area contributed by atoms with Crippen molar-refractivity contribution in [3.63, 3.8) is 0 Å². The zero-order chi connectivity index (χ0) is 19.4. The highest BCUT2D eigenvalue weighted by molar-refractivity contribution is 5.69. The van der Waals surface area contributed by atoms with Crippen LogP contribution in [0.4, 0.5) is 0 Å². The van der Waals surface area contributed by atoms with Crippen LogP contribution >= 0.6 is 0 Å². The molecule has 1 aliphatic heterocycles. The van der Waals surface area contributed by atoms with Crippen LogP contribution in [0.2, 0.25) is 0 Å². The zero-order valence-corrected chi connectivity index (χ0v) is 17.5. The smallest absolute Gasteiger partial charge is 0.305 e. The van der Waals surface area contributed by atoms with Crippen LogP contribution in [-0.2, 0) is 9.53 Å². The lowest BCUT2D eigenvalue weighted by Gasteiger charge is -2.67. The fourth-order valence-corrected chi connectivity index (χ4v) is 7.75. The SMILES string of the molecule is COC(=O)CC[C@]12C3=CCC[C@H]3CC[C@@H]3CN[C@H]1[C@@H](C(C)C)[C@@H](O)C[C@@]32C. The summed E-state index contributed by atoms with van der Waals surface area (Å²) in [4.78, 5) is 12.2. The number of carbonyl (C=O) groups excluding carboxylic acids is 1. The van der Waals surface area contributed by atoms with Crippen molar-refractivity contribution in [2.75, 3.05) is 13.7 Å². The van der Waals surface area contributed by atoms with Gasteiger partial charge >= 0.3 is 5.97 Å². The molecule has 0 unspecified atom stereocenters. The Balaban J connectivity index is 1.87. The lowest BCUT2D eigenvalue weighted by atomic mass is 9.41. The molecule has 4 aliphatic rings. The van der Waals surface area contributed by atoms with Gasteiger partial charge in [0.1, 0.15) is 0 Å². The zero-order valence-electron chi connectivity index (χ0n) is 17.5. The van der Waals surface area contributed by atoms with Crippen molar-refractivity contribution in [1.82, 2.24) is 5.32 Å². The predicted molar refractivity (Wildman–Crippen MR) is 106 cm³/mol. The minimum Gasteiger partial charge on any atom is -0.469 e. The maximum atomic E-state index is 12.2. The highest BCUT2D eigenvalue weighted by atomic mass is 16.5. The van der Waals surface area contributed by atoms with Crippen LogP contribution in [0.25, 0.3) is 0 Å². The summed E-state index contributed by atoms with van der Waals surface area (Å²) >= 11 is 0. The molecule has 3 fully saturated rings. The molecule has 4 rings (SSSR count). The minimum absolute atomic E-state index is 0.0318. The van der Waals surface area contributed by atoms with Crippen LogP contribution in [0.15, 0.2) is 11.6 Å². The number of rotatable bonds is 4. The van der Waals surface area contributed by atoms with Crippen LogP contribution in [-0.4, -0.2) is 36.9 Å². The fraction of sp³-hybridized carbons (Fsp3) is 0.870. The molecule has 4 nitrogen and oxygen atoms in total. The van der Waals surface area contributed by atoms with E-state index >= 15 is 0 Å². The van der Waals surface area contributed by atoms with E-state index in [2.05, 4.69) is 32.2 Å². The predicted octanol–water partition coefficient (Wildman–Crippen LogP) is 3.69. The number of aliphatic hydroxyl groups is 1. The van der Waals surface area contributed by atoms with Crippen LogP contribution in [0, 0.1) is 34.5 Å². The molecule has 0 aromatic heterocycles. The third kappa shape index (κ3) is 2.66. The van der Waals surface area contributed by atoms with Crippen molar-refractivity contribution in [3.05, 3.63) is 11.6 Å². The maximum absolute atomic E-state index is 12.2. The van der Waals surface area contributed by atoms with E-state index < -0.39 is 0 Å². The molecule has 4 heteroatoms. The summed E-state index contributed by atoms with van der Waals surface area (Å²) in [5, 5.41) is 15.1. The van der Waals surface area contributed by atoms with E-state index in [0.29, 0.717) is 24.2 Å². The number of nitrogens with one attached hydrogen (secondary N) is 1. The second-order valence-corrected chi connectivity index (χ2v) is 10.2. The first-order valence-corrected chi connectivity index (χ1v) is 11.0. The average molecular weight is 376 g/mol. The average Bonchev–Trinajstić information content (AvgIpc) is 3.06. The van der Waals surface area contributed by atoms with Gasteiger partial charge in [-0.15, -0.1) is 0 Å². The van der Waals surface area contributed by atoms with Gasteiger partial charge < -0.3 is 15.2 Å². The van der Waals surface area contributed by atoms with Gasteiger partial charge in [-0.25, -0.2) is 0 Å². The van der Waals surface area contributed by atoms with E-state index in [9.17, 15) is 9.90 Å². The van der Waals surface area contributed by atoms with Gasteiger partial charge in [-0.3, -0.25) is 4.79 Å². The summed E-state index contributed by atoms with van der Waals surface area (Å²) in [5.41, 5.74) is 1.63. The lowest BCUT2D eigenvalue weighted by molar-refractivity contribution is -0.166. The molecule has 27 heavy (non-hydrogen) atoms. The molecule has 0 aromatic carbocycles. The fourth-order valence-electron chi connectivity index (χ4n) is 7.75. The molecule has 152 valence electrons. The van der Waals surface area contributed by atoms with Crippen molar-refractivity contribution >= 4 is 5.97 Å². The normalized spacial score (nSPS) is 45.9. The summed E-state index contributed by atoms with van der Waals surface area (Å²) in [6, 6.07) is 0.247. The molecular formula is C23H37NO3. The Morgan fingerprint density at radius 2 is 2.15 bits per heavy atom. The number of fused-ring (bicyclic) bond motifs is 1. The molecule has 1 saturated heterocycles. The van der Waals surface area contributed by atoms with Crippen molar-refractivity contribution in [3.8, 4) is 0 Å². The summed E-state index contributed by atoms with van der Waals surface area (Å²) in [6.07, 6.45) is 9.37. The summed E-state index contributed by atoms with van der Waals surface area (Å²) in [6.45, 7) is 7.98. The van der Waals surface area contributed by atoms with E-state index in [1.54, 1.807) is 5.57 Å². The Hall–Kier alpha value is -0.870. The van der Waals surface area contributed by atoms with Crippen molar-refractivity contribution in [2.45, 2.75) is 77.9 Å². The number of esters is 1. The number of aliphatic hydroxyl groups excluding tert-OH is 1. The number of hydrogen-bond acceptors (Lipinski definition) is 4. The molecule has 0 spiro atoms. The second kappa shape index (κ2) is 6.88. The Kier molecular flexibility index (Phi) is 4.95. The molecule has 2 saturated carbocycles. The quantitative estimate of drug-likeness (QED) is 0.581. The number of ether oxygens (including phenoxy) is 1. The van der Waals surface area contributed by atoms with Gasteiger partial charge in [0.05, 0.1) is 13.2 Å². The molecule has 4 bridgehead atoms. The molecular weight excluding hydrogens is 338 g/mol. The van der Waals surface area contributed by atoms with Crippen LogP contribution in [0.5, 0.6) is 0 Å². The third-order valence-corrected chi connectivity index (χ3v) is 8.92. The largest absolute Gasteiger partial charge is 0.469 e. The highest BCUT2D eigenvalue weighted by Gasteiger charge is 2.68. The number of hydrogen-bond donors (Lipinski definition) is 2. The lowest BCUT2D eigenvalue weighted by Crippen LogP contribution is -2.72. The molecule has 2 N–H and O–H groups in total. The highest BCUT2D eigenvalue weighted by Crippen LogP contribution is 2.69. The van der Waals surface area contributed by atoms with Gasteiger partial charge in [0.25, 0.3) is 0 Å². The van der Waals surface area contributed by atoms with Crippen molar-refractivity contribution in [2.24, 2.45) is 34.5 Å². The Morgan fingerprint density at radius 1 is 1.37 bits per heavy atom. The maximum Gasteiger partial charge on any atom is 0.305 e. The molecule has 7 atom stereocenters. The van der Waals surface area contributed by atoms with Crippen LogP contribution < -0.4 is 5.32 Å². The Labute approximate surface area is 164 Å². The standard InChI is InChI=1S/C23H37NO3/c1-14(2)20-18(25)12-22(3)16-9-8-15-6-5-7-17(15)23(22,21(20)24-13-16)11-10-19(26)27-4/h7,14-16,18,20-21,24-25H,5-6,8-13H2,1-4H3/t15-,16+,18-,20-,21-,22-,23-/m0/s1. The number of methoxy groups -OCH3 is 1. The first-order chi connectivity index (χ1) is 12.8. The molecule has 0 amide bonds. The first-order valence-electron chi connectivity index (χ1n) is 11.0. The van der Waals surface area contributed by atoms with E-state index in [0.717, 1.165) is 19.4 Å². The number of piperidine rings is 1. The summed E-state index contributed by atoms with van der Waals surface area (Å²) in [5.74, 6) is 1.78. The van der Waals surface area contributed by atoms with Gasteiger partial charge in [-0.05, 0) is 68.2 Å². The topological polar surface area (TPSA) is 58.6 Å². The Morgan fingerprint density at radius 3 is 2.85 bits per heavy atom. The van der Waals surface area contributed by atoms with E-state index in [4.69, 9.17) is 4.74 Å². The minimum atomic E-state index is -0.264. The molecule has 0 aromatic rings. The van der Waals surface area contributed by atoms with Crippen molar-refractivity contribution in [1.29, 1.82) is 0 Å². The van der Waals surface area contributed by atoms with E-state index in [-0.39, 0.29) is 34.9 Å². The van der Waals surface area contributed by atoms with Crippen molar-refractivity contribution < 1.29 is 14.6 Å².